The maximum absolute atomic E-state index is 11.2. The van der Waals surface area contributed by atoms with Crippen molar-refractivity contribution in [3.63, 3.8) is 0 Å². The fourth-order valence-corrected chi connectivity index (χ4v) is 4.20. The van der Waals surface area contributed by atoms with Crippen LogP contribution in [-0.2, 0) is 6.54 Å². The Morgan fingerprint density at radius 1 is 1.12 bits per heavy atom. The SMILES string of the molecule is O=[N+]([O-])c1cccc(-c2ccc([C@@H]3[C@H](c4ccccn4)NC(=S)N3Cc3ccco3)o2)c1. The molecule has 1 aliphatic heterocycles. The average molecular weight is 446 g/mol. The summed E-state index contributed by atoms with van der Waals surface area (Å²) in [6, 6.07) is 19.0. The summed E-state index contributed by atoms with van der Waals surface area (Å²) in [6.45, 7) is 0.458. The first-order chi connectivity index (χ1) is 15.6. The Balaban J connectivity index is 1.53. The second kappa shape index (κ2) is 8.27. The van der Waals surface area contributed by atoms with E-state index < -0.39 is 4.92 Å². The molecular weight excluding hydrogens is 428 g/mol. The Kier molecular flexibility index (Phi) is 5.16. The first-order valence-corrected chi connectivity index (χ1v) is 10.4. The number of pyridine rings is 1. The second-order valence-electron chi connectivity index (χ2n) is 7.34. The van der Waals surface area contributed by atoms with Gasteiger partial charge in [0.15, 0.2) is 5.11 Å². The zero-order valence-electron chi connectivity index (χ0n) is 16.8. The van der Waals surface area contributed by atoms with Crippen molar-refractivity contribution in [3.05, 3.63) is 107 Å². The van der Waals surface area contributed by atoms with Gasteiger partial charge in [-0.15, -0.1) is 0 Å². The van der Waals surface area contributed by atoms with Crippen LogP contribution in [0.1, 0.15) is 29.3 Å². The van der Waals surface area contributed by atoms with Crippen molar-refractivity contribution in [3.8, 4) is 11.3 Å². The minimum absolute atomic E-state index is 0.00923. The van der Waals surface area contributed by atoms with Gasteiger partial charge in [-0.05, 0) is 48.6 Å². The van der Waals surface area contributed by atoms with Crippen molar-refractivity contribution in [1.29, 1.82) is 0 Å². The van der Waals surface area contributed by atoms with Crippen molar-refractivity contribution < 1.29 is 13.8 Å². The number of rotatable bonds is 6. The van der Waals surface area contributed by atoms with E-state index in [0.717, 1.165) is 11.5 Å². The number of nitrogens with zero attached hydrogens (tertiary/aromatic N) is 3. The number of hydrogen-bond donors (Lipinski definition) is 1. The summed E-state index contributed by atoms with van der Waals surface area (Å²) in [4.78, 5) is 17.3. The molecule has 0 saturated carbocycles. The molecule has 32 heavy (non-hydrogen) atoms. The van der Waals surface area contributed by atoms with Crippen LogP contribution in [0.4, 0.5) is 5.69 Å². The van der Waals surface area contributed by atoms with Crippen LogP contribution in [0.2, 0.25) is 0 Å². The standard InChI is InChI=1S/C23H18N4O4S/c28-27(29)16-6-3-5-15(13-16)19-9-10-20(31-19)22-21(18-8-1-2-11-24-18)25-23(32)26(22)14-17-7-4-12-30-17/h1-13,21-22H,14H2,(H,25,32)/t21-,22+/m0/s1. The van der Waals surface area contributed by atoms with Gasteiger partial charge in [-0.2, -0.15) is 0 Å². The summed E-state index contributed by atoms with van der Waals surface area (Å²) < 4.78 is 11.8. The Morgan fingerprint density at radius 2 is 2.03 bits per heavy atom. The molecule has 0 amide bonds. The van der Waals surface area contributed by atoms with E-state index in [1.807, 2.05) is 47.4 Å². The number of nitro groups is 1. The predicted octanol–water partition coefficient (Wildman–Crippen LogP) is 5.02. The van der Waals surface area contributed by atoms with Crippen molar-refractivity contribution in [2.24, 2.45) is 0 Å². The van der Waals surface area contributed by atoms with E-state index in [2.05, 4.69) is 10.3 Å². The van der Waals surface area contributed by atoms with E-state index in [4.69, 9.17) is 21.1 Å². The van der Waals surface area contributed by atoms with Crippen molar-refractivity contribution in [1.82, 2.24) is 15.2 Å². The third-order valence-electron chi connectivity index (χ3n) is 5.36. The van der Waals surface area contributed by atoms with Gasteiger partial charge in [-0.25, -0.2) is 0 Å². The van der Waals surface area contributed by atoms with E-state index in [0.29, 0.717) is 28.7 Å². The zero-order valence-corrected chi connectivity index (χ0v) is 17.6. The fourth-order valence-electron chi connectivity index (χ4n) is 3.89. The molecule has 4 aromatic rings. The average Bonchev–Trinajstić information content (AvgIpc) is 3.56. The molecule has 1 N–H and O–H groups in total. The van der Waals surface area contributed by atoms with Gasteiger partial charge in [0, 0.05) is 23.9 Å². The third kappa shape index (κ3) is 3.74. The lowest BCUT2D eigenvalue weighted by Gasteiger charge is -2.25. The van der Waals surface area contributed by atoms with Gasteiger partial charge in [-0.1, -0.05) is 18.2 Å². The van der Waals surface area contributed by atoms with Crippen LogP contribution < -0.4 is 5.32 Å². The quantitative estimate of drug-likeness (QED) is 0.251. The zero-order chi connectivity index (χ0) is 22.1. The number of nitro benzene ring substituents is 1. The Hall–Kier alpha value is -3.98. The van der Waals surface area contributed by atoms with Crippen LogP contribution in [0.3, 0.4) is 0 Å². The van der Waals surface area contributed by atoms with E-state index >= 15 is 0 Å². The lowest BCUT2D eigenvalue weighted by atomic mass is 10.0. The molecule has 3 aromatic heterocycles. The topological polar surface area (TPSA) is 97.6 Å². The van der Waals surface area contributed by atoms with Crippen molar-refractivity contribution in [2.75, 3.05) is 0 Å². The molecule has 160 valence electrons. The van der Waals surface area contributed by atoms with Crippen LogP contribution in [-0.4, -0.2) is 19.9 Å². The van der Waals surface area contributed by atoms with Crippen molar-refractivity contribution in [2.45, 2.75) is 18.6 Å². The summed E-state index contributed by atoms with van der Waals surface area (Å²) in [7, 11) is 0. The van der Waals surface area contributed by atoms with Gasteiger partial charge in [0.05, 0.1) is 29.5 Å². The predicted molar refractivity (Wildman–Crippen MR) is 121 cm³/mol. The van der Waals surface area contributed by atoms with Crippen molar-refractivity contribution >= 4 is 23.0 Å². The van der Waals surface area contributed by atoms with E-state index in [1.165, 1.54) is 12.1 Å². The highest BCUT2D eigenvalue weighted by Crippen LogP contribution is 2.41. The number of furan rings is 2. The number of aromatic nitrogens is 1. The van der Waals surface area contributed by atoms with Crippen LogP contribution >= 0.6 is 12.2 Å². The van der Waals surface area contributed by atoms with E-state index in [1.54, 1.807) is 24.6 Å². The molecule has 1 saturated heterocycles. The molecule has 4 heterocycles. The number of thiocarbonyl (C=S) groups is 1. The van der Waals surface area contributed by atoms with Crippen LogP contribution in [0, 0.1) is 10.1 Å². The highest BCUT2D eigenvalue weighted by molar-refractivity contribution is 7.80. The number of nitrogens with one attached hydrogen (secondary N) is 1. The lowest BCUT2D eigenvalue weighted by Crippen LogP contribution is -2.28. The Labute approximate surface area is 188 Å². The molecule has 8 nitrogen and oxygen atoms in total. The molecule has 5 rings (SSSR count). The summed E-state index contributed by atoms with van der Waals surface area (Å²) in [5, 5.41) is 15.1. The molecule has 1 fully saturated rings. The molecule has 0 unspecified atom stereocenters. The van der Waals surface area contributed by atoms with Gasteiger partial charge >= 0.3 is 0 Å². The maximum atomic E-state index is 11.2. The highest BCUT2D eigenvalue weighted by atomic mass is 32.1. The molecule has 0 radical (unpaired) electrons. The number of non-ortho nitro benzene ring substituents is 1. The van der Waals surface area contributed by atoms with Gasteiger partial charge in [0.1, 0.15) is 23.3 Å². The second-order valence-corrected chi connectivity index (χ2v) is 7.73. The summed E-state index contributed by atoms with van der Waals surface area (Å²) in [6.07, 6.45) is 3.36. The van der Waals surface area contributed by atoms with Crippen LogP contribution in [0.25, 0.3) is 11.3 Å². The minimum atomic E-state index is -0.422. The normalized spacial score (nSPS) is 18.0. The van der Waals surface area contributed by atoms with Gasteiger partial charge in [0.2, 0.25) is 0 Å². The van der Waals surface area contributed by atoms with Gasteiger partial charge in [0.25, 0.3) is 5.69 Å². The van der Waals surface area contributed by atoms with Crippen LogP contribution in [0.5, 0.6) is 0 Å². The monoisotopic (exact) mass is 446 g/mol. The molecular formula is C23H18N4O4S. The molecule has 1 aliphatic rings. The molecule has 0 aliphatic carbocycles. The third-order valence-corrected chi connectivity index (χ3v) is 5.72. The van der Waals surface area contributed by atoms with E-state index in [-0.39, 0.29) is 17.8 Å². The number of hydrogen-bond acceptors (Lipinski definition) is 6. The summed E-state index contributed by atoms with van der Waals surface area (Å²) in [5.41, 5.74) is 1.47. The molecule has 0 spiro atoms. The van der Waals surface area contributed by atoms with Gasteiger partial charge in [-0.3, -0.25) is 15.1 Å². The fraction of sp³-hybridized carbons (Fsp3) is 0.130. The molecule has 2 atom stereocenters. The maximum Gasteiger partial charge on any atom is 0.270 e. The van der Waals surface area contributed by atoms with E-state index in [9.17, 15) is 10.1 Å². The smallest absolute Gasteiger partial charge is 0.270 e. The number of benzene rings is 1. The first kappa shape index (κ1) is 20.0. The Morgan fingerprint density at radius 3 is 2.78 bits per heavy atom. The molecule has 1 aromatic carbocycles. The van der Waals surface area contributed by atoms with Crippen LogP contribution in [0.15, 0.2) is 88.0 Å². The lowest BCUT2D eigenvalue weighted by molar-refractivity contribution is -0.384. The summed E-state index contributed by atoms with van der Waals surface area (Å²) in [5.74, 6) is 1.98. The Bertz CT molecular complexity index is 1260. The summed E-state index contributed by atoms with van der Waals surface area (Å²) >= 11 is 5.64. The first-order valence-electron chi connectivity index (χ1n) is 9.95. The van der Waals surface area contributed by atoms with Gasteiger partial charge < -0.3 is 19.1 Å². The minimum Gasteiger partial charge on any atom is -0.467 e. The molecule has 9 heteroatoms. The molecule has 0 bridgehead atoms. The highest BCUT2D eigenvalue weighted by Gasteiger charge is 2.42. The largest absolute Gasteiger partial charge is 0.467 e.